The van der Waals surface area contributed by atoms with Gasteiger partial charge in [-0.1, -0.05) is 30.3 Å². The van der Waals surface area contributed by atoms with Crippen LogP contribution in [0.1, 0.15) is 24.8 Å². The van der Waals surface area contributed by atoms with Gasteiger partial charge < -0.3 is 14.4 Å². The summed E-state index contributed by atoms with van der Waals surface area (Å²) in [6, 6.07) is 11.1. The number of aryl methyl sites for hydroxylation is 1. The number of nitrogens with zero attached hydrogens (tertiary/aromatic N) is 4. The molecule has 0 saturated carbocycles. The van der Waals surface area contributed by atoms with Gasteiger partial charge in [0.05, 0.1) is 6.33 Å². The maximum atomic E-state index is 12.8. The fourth-order valence-corrected chi connectivity index (χ4v) is 4.45. The molecule has 3 aliphatic rings. The summed E-state index contributed by atoms with van der Waals surface area (Å²) in [6.45, 7) is 4.64. The molecule has 0 unspecified atom stereocenters. The molecule has 3 aliphatic heterocycles. The highest BCUT2D eigenvalue weighted by Gasteiger charge is 2.36. The second kappa shape index (κ2) is 8.04. The van der Waals surface area contributed by atoms with E-state index in [0.717, 1.165) is 39.0 Å². The Morgan fingerprint density at radius 1 is 1.12 bits per heavy atom. The van der Waals surface area contributed by atoms with E-state index in [1.54, 1.807) is 12.5 Å². The number of hydrogen-bond donors (Lipinski definition) is 0. The largest absolute Gasteiger partial charge is 0.337 e. The molecule has 1 aromatic carbocycles. The van der Waals surface area contributed by atoms with Crippen LogP contribution in [0.15, 0.2) is 49.1 Å². The van der Waals surface area contributed by atoms with Crippen LogP contribution in [-0.4, -0.2) is 57.5 Å². The third kappa shape index (κ3) is 4.15. The number of imidazole rings is 1. The Bertz CT molecular complexity index is 700. The lowest BCUT2D eigenvalue weighted by Gasteiger charge is -2.36. The highest BCUT2D eigenvalue weighted by molar-refractivity contribution is 5.76. The first-order valence-electron chi connectivity index (χ1n) is 9.79. The molecule has 138 valence electrons. The smallest absolute Gasteiger partial charge is 0.242 e. The highest BCUT2D eigenvalue weighted by atomic mass is 16.2. The molecule has 0 N–H and O–H groups in total. The summed E-state index contributed by atoms with van der Waals surface area (Å²) in [6.07, 6.45) is 10.1. The summed E-state index contributed by atoms with van der Waals surface area (Å²) in [5.74, 6) is 0.862. The van der Waals surface area contributed by atoms with Crippen molar-refractivity contribution in [1.29, 1.82) is 0 Å². The highest BCUT2D eigenvalue weighted by Crippen LogP contribution is 2.28. The van der Waals surface area contributed by atoms with Gasteiger partial charge in [0.2, 0.25) is 5.91 Å². The normalized spacial score (nSPS) is 23.2. The van der Waals surface area contributed by atoms with Gasteiger partial charge in [0, 0.05) is 38.1 Å². The van der Waals surface area contributed by atoms with Crippen molar-refractivity contribution in [3.8, 4) is 0 Å². The van der Waals surface area contributed by atoms with Gasteiger partial charge in [-0.3, -0.25) is 4.79 Å². The molecule has 3 fully saturated rings. The topological polar surface area (TPSA) is 41.4 Å². The predicted octanol–water partition coefficient (Wildman–Crippen LogP) is 2.44. The maximum absolute atomic E-state index is 12.8. The second-order valence-corrected chi connectivity index (χ2v) is 7.73. The zero-order valence-electron chi connectivity index (χ0n) is 15.3. The molecule has 0 spiro atoms. The predicted molar refractivity (Wildman–Crippen MR) is 102 cm³/mol. The van der Waals surface area contributed by atoms with E-state index >= 15 is 0 Å². The van der Waals surface area contributed by atoms with Gasteiger partial charge >= 0.3 is 0 Å². The van der Waals surface area contributed by atoms with E-state index < -0.39 is 0 Å². The first kappa shape index (κ1) is 17.3. The van der Waals surface area contributed by atoms with Crippen LogP contribution in [0.2, 0.25) is 0 Å². The number of hydrogen-bond acceptors (Lipinski definition) is 3. The van der Waals surface area contributed by atoms with Crippen molar-refractivity contribution in [1.82, 2.24) is 19.4 Å². The molecule has 5 rings (SSSR count). The average molecular weight is 352 g/mol. The molecule has 2 atom stereocenters. The molecule has 26 heavy (non-hydrogen) atoms. The minimum atomic E-state index is 0.240. The molecule has 4 heterocycles. The summed E-state index contributed by atoms with van der Waals surface area (Å²) in [5.41, 5.74) is 1.42. The van der Waals surface area contributed by atoms with Crippen LogP contribution in [0.4, 0.5) is 0 Å². The molecule has 0 radical (unpaired) electrons. The first-order chi connectivity index (χ1) is 12.8. The summed E-state index contributed by atoms with van der Waals surface area (Å²) in [5, 5.41) is 0. The quantitative estimate of drug-likeness (QED) is 0.802. The zero-order chi connectivity index (χ0) is 17.8. The van der Waals surface area contributed by atoms with E-state index in [9.17, 15) is 4.79 Å². The first-order valence-corrected chi connectivity index (χ1v) is 9.79. The van der Waals surface area contributed by atoms with Crippen LogP contribution in [0, 0.1) is 5.92 Å². The molecule has 1 aromatic heterocycles. The van der Waals surface area contributed by atoms with Crippen molar-refractivity contribution >= 4 is 5.91 Å². The molecular formula is C21H28N4O. The standard InChI is InChI=1S/C21H28N4O/c26-21(16-24-12-10-22-17-24)25-14-19-8-9-20(25)15-23(13-19)11-4-7-18-5-2-1-3-6-18/h1-3,5-6,10,12,17,19-20H,4,7-9,11,13-16H2/t19-,20+/m1/s1. The van der Waals surface area contributed by atoms with Crippen molar-refractivity contribution in [2.45, 2.75) is 38.3 Å². The lowest BCUT2D eigenvalue weighted by molar-refractivity contribution is -0.135. The molecule has 2 bridgehead atoms. The van der Waals surface area contributed by atoms with Gasteiger partial charge in [-0.25, -0.2) is 4.98 Å². The molecule has 3 saturated heterocycles. The van der Waals surface area contributed by atoms with Gasteiger partial charge in [-0.15, -0.1) is 0 Å². The number of carbonyl (C=O) groups excluding carboxylic acids is 1. The van der Waals surface area contributed by atoms with Crippen LogP contribution >= 0.6 is 0 Å². The number of aromatic nitrogens is 2. The van der Waals surface area contributed by atoms with Crippen LogP contribution in [-0.2, 0) is 17.8 Å². The Kier molecular flexibility index (Phi) is 5.34. The minimum absolute atomic E-state index is 0.240. The number of amides is 1. The Morgan fingerprint density at radius 2 is 2.00 bits per heavy atom. The summed E-state index contributed by atoms with van der Waals surface area (Å²) in [4.78, 5) is 21.6. The van der Waals surface area contributed by atoms with Gasteiger partial charge in [-0.05, 0) is 43.7 Å². The fourth-order valence-electron chi connectivity index (χ4n) is 4.45. The van der Waals surface area contributed by atoms with Crippen LogP contribution in [0.5, 0.6) is 0 Å². The maximum Gasteiger partial charge on any atom is 0.242 e. The SMILES string of the molecule is O=C(Cn1ccnc1)N1C[C@@H]2CC[C@H]1CN(CCCc1ccccc1)C2. The molecule has 1 amide bonds. The minimum Gasteiger partial charge on any atom is -0.337 e. The third-order valence-corrected chi connectivity index (χ3v) is 5.77. The van der Waals surface area contributed by atoms with Crippen molar-refractivity contribution in [2.75, 3.05) is 26.2 Å². The molecule has 5 nitrogen and oxygen atoms in total. The number of piperidine rings is 1. The van der Waals surface area contributed by atoms with E-state index in [0.29, 0.717) is 18.5 Å². The Labute approximate surface area is 155 Å². The number of carbonyl (C=O) groups is 1. The lowest BCUT2D eigenvalue weighted by Crippen LogP contribution is -2.48. The Morgan fingerprint density at radius 3 is 2.81 bits per heavy atom. The van der Waals surface area contributed by atoms with E-state index in [4.69, 9.17) is 0 Å². The summed E-state index contributed by atoms with van der Waals surface area (Å²) < 4.78 is 1.87. The fraction of sp³-hybridized carbons (Fsp3) is 0.524. The lowest BCUT2D eigenvalue weighted by atomic mass is 9.95. The van der Waals surface area contributed by atoms with Crippen LogP contribution in [0.3, 0.4) is 0 Å². The van der Waals surface area contributed by atoms with Gasteiger partial charge in [0.15, 0.2) is 0 Å². The number of fused-ring (bicyclic) bond motifs is 4. The van der Waals surface area contributed by atoms with Crippen LogP contribution in [0.25, 0.3) is 0 Å². The monoisotopic (exact) mass is 352 g/mol. The van der Waals surface area contributed by atoms with Crippen molar-refractivity contribution < 1.29 is 4.79 Å². The zero-order valence-corrected chi connectivity index (χ0v) is 15.3. The van der Waals surface area contributed by atoms with Crippen molar-refractivity contribution in [2.24, 2.45) is 5.92 Å². The number of benzene rings is 1. The van der Waals surface area contributed by atoms with E-state index in [1.165, 1.54) is 18.4 Å². The molecular weight excluding hydrogens is 324 g/mol. The van der Waals surface area contributed by atoms with Crippen LogP contribution < -0.4 is 0 Å². The van der Waals surface area contributed by atoms with E-state index in [1.807, 2.05) is 10.8 Å². The third-order valence-electron chi connectivity index (χ3n) is 5.77. The molecule has 2 aromatic rings. The summed E-state index contributed by atoms with van der Waals surface area (Å²) >= 11 is 0. The van der Waals surface area contributed by atoms with Crippen molar-refractivity contribution in [3.63, 3.8) is 0 Å². The van der Waals surface area contributed by atoms with Gasteiger partial charge in [0.1, 0.15) is 6.54 Å². The molecule has 0 aliphatic carbocycles. The summed E-state index contributed by atoms with van der Waals surface area (Å²) in [7, 11) is 0. The Balaban J connectivity index is 1.32. The van der Waals surface area contributed by atoms with E-state index in [2.05, 4.69) is 45.1 Å². The van der Waals surface area contributed by atoms with Gasteiger partial charge in [0.25, 0.3) is 0 Å². The Hall–Kier alpha value is -2.14. The van der Waals surface area contributed by atoms with E-state index in [-0.39, 0.29) is 5.91 Å². The molecule has 5 heteroatoms. The van der Waals surface area contributed by atoms with Gasteiger partial charge in [-0.2, -0.15) is 0 Å². The van der Waals surface area contributed by atoms with Crippen molar-refractivity contribution in [3.05, 3.63) is 54.6 Å². The second-order valence-electron chi connectivity index (χ2n) is 7.73. The number of rotatable bonds is 6. The average Bonchev–Trinajstić information content (AvgIpc) is 3.01.